The molecular formula is C18H34N2O. The van der Waals surface area contributed by atoms with Gasteiger partial charge in [-0.2, -0.15) is 0 Å². The predicted molar refractivity (Wildman–Crippen MR) is 87.4 cm³/mol. The Kier molecular flexibility index (Phi) is 5.58. The maximum atomic E-state index is 6.17. The molecule has 1 heterocycles. The highest BCUT2D eigenvalue weighted by Gasteiger charge is 2.39. The second-order valence-corrected chi connectivity index (χ2v) is 7.76. The Morgan fingerprint density at radius 2 is 1.48 bits per heavy atom. The summed E-state index contributed by atoms with van der Waals surface area (Å²) in [5, 5.41) is 0. The Labute approximate surface area is 130 Å². The number of ether oxygens (including phenoxy) is 1. The molecule has 3 fully saturated rings. The van der Waals surface area contributed by atoms with Crippen LogP contribution in [0.15, 0.2) is 0 Å². The lowest BCUT2D eigenvalue weighted by Crippen LogP contribution is -2.52. The molecule has 1 unspecified atom stereocenters. The predicted octanol–water partition coefficient (Wildman–Crippen LogP) is 3.32. The SMILES string of the molecule is NCC1(CN(C2CCCCC2)C2CCCCC2)CCOC1. The average molecular weight is 294 g/mol. The van der Waals surface area contributed by atoms with E-state index in [1.807, 2.05) is 0 Å². The first kappa shape index (κ1) is 15.8. The van der Waals surface area contributed by atoms with Crippen molar-refractivity contribution < 1.29 is 4.74 Å². The molecule has 0 aromatic rings. The summed E-state index contributed by atoms with van der Waals surface area (Å²) in [5.41, 5.74) is 6.41. The minimum absolute atomic E-state index is 0.245. The summed E-state index contributed by atoms with van der Waals surface area (Å²) in [6.45, 7) is 3.79. The topological polar surface area (TPSA) is 38.5 Å². The molecule has 3 rings (SSSR count). The van der Waals surface area contributed by atoms with E-state index in [1.54, 1.807) is 0 Å². The summed E-state index contributed by atoms with van der Waals surface area (Å²) in [4.78, 5) is 2.90. The van der Waals surface area contributed by atoms with Gasteiger partial charge in [0, 0.05) is 37.2 Å². The van der Waals surface area contributed by atoms with Gasteiger partial charge >= 0.3 is 0 Å². The van der Waals surface area contributed by atoms with Gasteiger partial charge in [-0.05, 0) is 32.1 Å². The van der Waals surface area contributed by atoms with E-state index in [1.165, 1.54) is 77.2 Å². The second kappa shape index (κ2) is 7.43. The Bertz CT molecular complexity index is 284. The lowest BCUT2D eigenvalue weighted by molar-refractivity contribution is 0.0300. The summed E-state index contributed by atoms with van der Waals surface area (Å²) in [5.74, 6) is 0. The molecule has 0 amide bonds. The van der Waals surface area contributed by atoms with Crippen molar-refractivity contribution in [1.29, 1.82) is 0 Å². The van der Waals surface area contributed by atoms with Crippen LogP contribution in [0.4, 0.5) is 0 Å². The van der Waals surface area contributed by atoms with Crippen LogP contribution in [0.25, 0.3) is 0 Å². The van der Waals surface area contributed by atoms with E-state index < -0.39 is 0 Å². The Morgan fingerprint density at radius 1 is 0.905 bits per heavy atom. The number of hydrogen-bond acceptors (Lipinski definition) is 3. The van der Waals surface area contributed by atoms with Gasteiger partial charge < -0.3 is 10.5 Å². The highest BCUT2D eigenvalue weighted by Crippen LogP contribution is 2.35. The fourth-order valence-corrected chi connectivity index (χ4v) is 4.77. The molecule has 0 bridgehead atoms. The molecule has 2 saturated carbocycles. The first-order valence-electron chi connectivity index (χ1n) is 9.37. The third-order valence-electron chi connectivity index (χ3n) is 6.22. The first-order chi connectivity index (χ1) is 10.3. The molecule has 3 nitrogen and oxygen atoms in total. The summed E-state index contributed by atoms with van der Waals surface area (Å²) in [7, 11) is 0. The summed E-state index contributed by atoms with van der Waals surface area (Å²) < 4.78 is 5.72. The third kappa shape index (κ3) is 3.80. The molecule has 2 N–H and O–H groups in total. The zero-order valence-electron chi connectivity index (χ0n) is 13.7. The normalized spacial score (nSPS) is 32.9. The molecule has 0 aromatic carbocycles. The van der Waals surface area contributed by atoms with Crippen LogP contribution in [-0.2, 0) is 4.74 Å². The van der Waals surface area contributed by atoms with Crippen molar-refractivity contribution >= 4 is 0 Å². The maximum Gasteiger partial charge on any atom is 0.0547 e. The molecule has 21 heavy (non-hydrogen) atoms. The van der Waals surface area contributed by atoms with E-state index in [-0.39, 0.29) is 5.41 Å². The molecule has 1 saturated heterocycles. The van der Waals surface area contributed by atoms with Crippen LogP contribution in [-0.4, -0.2) is 43.3 Å². The molecule has 122 valence electrons. The standard InChI is InChI=1S/C18H34N2O/c19-13-18(11-12-21-15-18)14-20(16-7-3-1-4-8-16)17-9-5-2-6-10-17/h16-17H,1-15,19H2. The Hall–Kier alpha value is -0.120. The molecule has 1 atom stereocenters. The van der Waals surface area contributed by atoms with Crippen molar-refractivity contribution in [3.8, 4) is 0 Å². The van der Waals surface area contributed by atoms with Gasteiger partial charge in [-0.25, -0.2) is 0 Å². The van der Waals surface area contributed by atoms with Gasteiger partial charge in [0.05, 0.1) is 6.61 Å². The number of rotatable bonds is 5. The van der Waals surface area contributed by atoms with Crippen molar-refractivity contribution in [2.24, 2.45) is 11.1 Å². The van der Waals surface area contributed by atoms with Gasteiger partial charge in [0.25, 0.3) is 0 Å². The van der Waals surface area contributed by atoms with E-state index in [9.17, 15) is 0 Å². The highest BCUT2D eigenvalue weighted by molar-refractivity contribution is 4.93. The zero-order chi connectivity index (χ0) is 14.5. The van der Waals surface area contributed by atoms with Gasteiger partial charge in [-0.1, -0.05) is 38.5 Å². The smallest absolute Gasteiger partial charge is 0.0547 e. The van der Waals surface area contributed by atoms with E-state index >= 15 is 0 Å². The van der Waals surface area contributed by atoms with Crippen LogP contribution < -0.4 is 5.73 Å². The van der Waals surface area contributed by atoms with Gasteiger partial charge in [0.1, 0.15) is 0 Å². The average Bonchev–Trinajstić information content (AvgIpc) is 3.04. The van der Waals surface area contributed by atoms with E-state index in [4.69, 9.17) is 10.5 Å². The Balaban J connectivity index is 1.70. The van der Waals surface area contributed by atoms with Crippen LogP contribution in [0, 0.1) is 5.41 Å². The van der Waals surface area contributed by atoms with Crippen LogP contribution >= 0.6 is 0 Å². The van der Waals surface area contributed by atoms with Gasteiger partial charge in [-0.15, -0.1) is 0 Å². The third-order valence-corrected chi connectivity index (χ3v) is 6.22. The first-order valence-corrected chi connectivity index (χ1v) is 9.37. The molecule has 0 aromatic heterocycles. The summed E-state index contributed by atoms with van der Waals surface area (Å²) in [6.07, 6.45) is 15.4. The molecule has 0 radical (unpaired) electrons. The zero-order valence-corrected chi connectivity index (χ0v) is 13.7. The monoisotopic (exact) mass is 294 g/mol. The quantitative estimate of drug-likeness (QED) is 0.845. The molecular weight excluding hydrogens is 260 g/mol. The van der Waals surface area contributed by atoms with Gasteiger partial charge in [0.2, 0.25) is 0 Å². The number of nitrogens with zero attached hydrogens (tertiary/aromatic N) is 1. The van der Waals surface area contributed by atoms with Gasteiger partial charge in [0.15, 0.2) is 0 Å². The molecule has 3 heteroatoms. The summed E-state index contributed by atoms with van der Waals surface area (Å²) >= 11 is 0. The van der Waals surface area contributed by atoms with Crippen LogP contribution in [0.1, 0.15) is 70.6 Å². The van der Waals surface area contributed by atoms with Gasteiger partial charge in [-0.3, -0.25) is 4.90 Å². The Morgan fingerprint density at radius 3 is 1.90 bits per heavy atom. The lowest BCUT2D eigenvalue weighted by atomic mass is 9.82. The van der Waals surface area contributed by atoms with Crippen molar-refractivity contribution in [2.75, 3.05) is 26.3 Å². The largest absolute Gasteiger partial charge is 0.381 e. The minimum atomic E-state index is 0.245. The lowest BCUT2D eigenvalue weighted by Gasteiger charge is -2.45. The fraction of sp³-hybridized carbons (Fsp3) is 1.00. The minimum Gasteiger partial charge on any atom is -0.381 e. The van der Waals surface area contributed by atoms with E-state index in [2.05, 4.69) is 4.90 Å². The van der Waals surface area contributed by atoms with Crippen molar-refractivity contribution in [2.45, 2.75) is 82.7 Å². The summed E-state index contributed by atoms with van der Waals surface area (Å²) in [6, 6.07) is 1.65. The van der Waals surface area contributed by atoms with Crippen molar-refractivity contribution in [3.05, 3.63) is 0 Å². The molecule has 1 aliphatic heterocycles. The number of hydrogen-bond donors (Lipinski definition) is 1. The van der Waals surface area contributed by atoms with E-state index in [0.717, 1.165) is 31.8 Å². The van der Waals surface area contributed by atoms with Crippen LogP contribution in [0.5, 0.6) is 0 Å². The van der Waals surface area contributed by atoms with Crippen LogP contribution in [0.2, 0.25) is 0 Å². The van der Waals surface area contributed by atoms with Crippen molar-refractivity contribution in [1.82, 2.24) is 4.90 Å². The molecule has 0 spiro atoms. The van der Waals surface area contributed by atoms with E-state index in [0.29, 0.717) is 0 Å². The second-order valence-electron chi connectivity index (χ2n) is 7.76. The fourth-order valence-electron chi connectivity index (χ4n) is 4.77. The molecule has 2 aliphatic carbocycles. The van der Waals surface area contributed by atoms with Crippen molar-refractivity contribution in [3.63, 3.8) is 0 Å². The van der Waals surface area contributed by atoms with Crippen LogP contribution in [0.3, 0.4) is 0 Å². The molecule has 3 aliphatic rings. The maximum absolute atomic E-state index is 6.17. The number of nitrogens with two attached hydrogens (primary N) is 1. The highest BCUT2D eigenvalue weighted by atomic mass is 16.5.